The predicted octanol–water partition coefficient (Wildman–Crippen LogP) is 0.984. The third kappa shape index (κ3) is 3.95. The largest absolute Gasteiger partial charge is 0.395 e. The fourth-order valence-corrected chi connectivity index (χ4v) is 1.35. The number of anilines is 1. The summed E-state index contributed by atoms with van der Waals surface area (Å²) in [5.41, 5.74) is -0.131. The molecule has 1 aromatic rings. The Morgan fingerprint density at radius 3 is 2.53 bits per heavy atom. The van der Waals surface area contributed by atoms with Gasteiger partial charge in [0, 0.05) is 13.1 Å². The van der Waals surface area contributed by atoms with Gasteiger partial charge in [0.1, 0.15) is 12.4 Å². The van der Waals surface area contributed by atoms with E-state index >= 15 is 0 Å². The van der Waals surface area contributed by atoms with Crippen LogP contribution >= 0.6 is 0 Å². The molecule has 7 heteroatoms. The van der Waals surface area contributed by atoms with Gasteiger partial charge in [0.15, 0.2) is 0 Å². The van der Waals surface area contributed by atoms with Crippen molar-refractivity contribution in [3.63, 3.8) is 0 Å². The van der Waals surface area contributed by atoms with Gasteiger partial charge in [0.25, 0.3) is 0 Å². The summed E-state index contributed by atoms with van der Waals surface area (Å²) in [7, 11) is 0. The van der Waals surface area contributed by atoms with E-state index in [4.69, 9.17) is 5.11 Å². The van der Waals surface area contributed by atoms with Crippen molar-refractivity contribution < 1.29 is 10.0 Å². The van der Waals surface area contributed by atoms with Gasteiger partial charge < -0.3 is 10.0 Å². The Morgan fingerprint density at radius 1 is 1.41 bits per heavy atom. The molecule has 94 valence electrons. The van der Waals surface area contributed by atoms with Crippen molar-refractivity contribution >= 4 is 11.6 Å². The monoisotopic (exact) mass is 240 g/mol. The summed E-state index contributed by atoms with van der Waals surface area (Å²) in [6.07, 6.45) is 4.34. The number of hydrogen-bond acceptors (Lipinski definition) is 6. The minimum absolute atomic E-state index is 0.00403. The van der Waals surface area contributed by atoms with Crippen molar-refractivity contribution in [2.45, 2.75) is 19.8 Å². The molecule has 0 saturated heterocycles. The average Bonchev–Trinajstić information content (AvgIpc) is 2.34. The predicted molar refractivity (Wildman–Crippen MR) is 62.9 cm³/mol. The lowest BCUT2D eigenvalue weighted by molar-refractivity contribution is -0.385. The van der Waals surface area contributed by atoms with E-state index in [1.807, 2.05) is 4.90 Å². The summed E-state index contributed by atoms with van der Waals surface area (Å²) < 4.78 is 0. The number of nitrogens with zero attached hydrogens (tertiary/aromatic N) is 4. The SMILES string of the molecule is CCCCN(CCO)c1ncc([N+](=O)[O-])cn1. The quantitative estimate of drug-likeness (QED) is 0.564. The standard InChI is InChI=1S/C10H16N4O3/c1-2-3-4-13(5-6-15)10-11-7-9(8-12-10)14(16)17/h7-8,15H,2-6H2,1H3. The van der Waals surface area contributed by atoms with Crippen LogP contribution in [0.3, 0.4) is 0 Å². The van der Waals surface area contributed by atoms with E-state index in [9.17, 15) is 10.1 Å². The van der Waals surface area contributed by atoms with Crippen LogP contribution in [0.25, 0.3) is 0 Å². The summed E-state index contributed by atoms with van der Waals surface area (Å²) >= 11 is 0. The maximum Gasteiger partial charge on any atom is 0.305 e. The first kappa shape index (κ1) is 13.3. The lowest BCUT2D eigenvalue weighted by Crippen LogP contribution is -2.29. The number of rotatable bonds is 7. The molecule has 1 rings (SSSR count). The molecule has 0 atom stereocenters. The third-order valence-electron chi connectivity index (χ3n) is 2.27. The van der Waals surface area contributed by atoms with Crippen LogP contribution in [0.2, 0.25) is 0 Å². The molecular formula is C10H16N4O3. The topological polar surface area (TPSA) is 92.4 Å². The van der Waals surface area contributed by atoms with E-state index < -0.39 is 4.92 Å². The van der Waals surface area contributed by atoms with Gasteiger partial charge in [-0.1, -0.05) is 13.3 Å². The number of unbranched alkanes of at least 4 members (excludes halogenated alkanes) is 1. The number of aromatic nitrogens is 2. The van der Waals surface area contributed by atoms with E-state index in [0.717, 1.165) is 19.4 Å². The highest BCUT2D eigenvalue weighted by molar-refractivity contribution is 5.33. The normalized spacial score (nSPS) is 10.2. The Balaban J connectivity index is 2.75. The van der Waals surface area contributed by atoms with Gasteiger partial charge in [-0.25, -0.2) is 9.97 Å². The van der Waals surface area contributed by atoms with Gasteiger partial charge in [-0.2, -0.15) is 0 Å². The molecule has 0 aliphatic rings. The van der Waals surface area contributed by atoms with Crippen LogP contribution in [0.1, 0.15) is 19.8 Å². The molecular weight excluding hydrogens is 224 g/mol. The number of aliphatic hydroxyl groups is 1. The van der Waals surface area contributed by atoms with Gasteiger partial charge in [-0.15, -0.1) is 0 Å². The van der Waals surface area contributed by atoms with Crippen LogP contribution in [-0.2, 0) is 0 Å². The fraction of sp³-hybridized carbons (Fsp3) is 0.600. The zero-order valence-corrected chi connectivity index (χ0v) is 9.74. The molecule has 1 N–H and O–H groups in total. The van der Waals surface area contributed by atoms with Crippen LogP contribution in [0, 0.1) is 10.1 Å². The molecule has 0 aliphatic heterocycles. The molecule has 17 heavy (non-hydrogen) atoms. The fourth-order valence-electron chi connectivity index (χ4n) is 1.35. The Hall–Kier alpha value is -1.76. The smallest absolute Gasteiger partial charge is 0.305 e. The molecule has 0 spiro atoms. The van der Waals surface area contributed by atoms with Crippen molar-refractivity contribution in [3.05, 3.63) is 22.5 Å². The molecule has 0 radical (unpaired) electrons. The first-order valence-electron chi connectivity index (χ1n) is 5.51. The van der Waals surface area contributed by atoms with E-state index in [0.29, 0.717) is 12.5 Å². The van der Waals surface area contributed by atoms with Crippen LogP contribution in [0.5, 0.6) is 0 Å². The number of nitro groups is 1. The first-order valence-corrected chi connectivity index (χ1v) is 5.51. The molecule has 0 saturated carbocycles. The Kier molecular flexibility index (Phi) is 5.28. The third-order valence-corrected chi connectivity index (χ3v) is 2.27. The minimum Gasteiger partial charge on any atom is -0.395 e. The van der Waals surface area contributed by atoms with E-state index in [1.165, 1.54) is 12.4 Å². The molecule has 1 aromatic heterocycles. The molecule has 0 unspecified atom stereocenters. The van der Waals surface area contributed by atoms with Crippen LogP contribution in [-0.4, -0.2) is 39.7 Å². The Bertz CT molecular complexity index is 355. The molecule has 0 aromatic carbocycles. The van der Waals surface area contributed by atoms with Gasteiger partial charge in [-0.05, 0) is 6.42 Å². The van der Waals surface area contributed by atoms with Crippen molar-refractivity contribution in [1.82, 2.24) is 9.97 Å². The molecule has 1 heterocycles. The van der Waals surface area contributed by atoms with Crippen LogP contribution in [0.15, 0.2) is 12.4 Å². The van der Waals surface area contributed by atoms with Gasteiger partial charge in [-0.3, -0.25) is 10.1 Å². The van der Waals surface area contributed by atoms with E-state index in [2.05, 4.69) is 16.9 Å². The van der Waals surface area contributed by atoms with Gasteiger partial charge in [0.2, 0.25) is 5.95 Å². The van der Waals surface area contributed by atoms with E-state index in [1.54, 1.807) is 0 Å². The second-order valence-corrected chi connectivity index (χ2v) is 3.56. The summed E-state index contributed by atoms with van der Waals surface area (Å²) in [5.74, 6) is 0.415. The second kappa shape index (κ2) is 6.74. The average molecular weight is 240 g/mol. The maximum atomic E-state index is 10.5. The van der Waals surface area contributed by atoms with Crippen molar-refractivity contribution in [2.24, 2.45) is 0 Å². The summed E-state index contributed by atoms with van der Waals surface area (Å²) in [6.45, 7) is 3.23. The highest BCUT2D eigenvalue weighted by Gasteiger charge is 2.11. The summed E-state index contributed by atoms with van der Waals surface area (Å²) in [4.78, 5) is 19.6. The number of aliphatic hydroxyl groups excluding tert-OH is 1. The van der Waals surface area contributed by atoms with Gasteiger partial charge in [0.05, 0.1) is 11.5 Å². The zero-order valence-electron chi connectivity index (χ0n) is 9.74. The highest BCUT2D eigenvalue weighted by atomic mass is 16.6. The Labute approximate surface area is 99.3 Å². The lowest BCUT2D eigenvalue weighted by Gasteiger charge is -2.20. The van der Waals surface area contributed by atoms with E-state index in [-0.39, 0.29) is 12.3 Å². The second-order valence-electron chi connectivity index (χ2n) is 3.56. The lowest BCUT2D eigenvalue weighted by atomic mass is 10.3. The van der Waals surface area contributed by atoms with Crippen molar-refractivity contribution in [3.8, 4) is 0 Å². The first-order chi connectivity index (χ1) is 8.19. The Morgan fingerprint density at radius 2 is 2.06 bits per heavy atom. The van der Waals surface area contributed by atoms with Gasteiger partial charge >= 0.3 is 5.69 Å². The molecule has 0 aliphatic carbocycles. The molecule has 7 nitrogen and oxygen atoms in total. The van der Waals surface area contributed by atoms with Crippen LogP contribution in [0.4, 0.5) is 11.6 Å². The minimum atomic E-state index is -0.536. The van der Waals surface area contributed by atoms with Crippen molar-refractivity contribution in [2.75, 3.05) is 24.6 Å². The summed E-state index contributed by atoms with van der Waals surface area (Å²) in [5, 5.41) is 19.4. The number of hydrogen-bond donors (Lipinski definition) is 1. The summed E-state index contributed by atoms with van der Waals surface area (Å²) in [6, 6.07) is 0. The zero-order chi connectivity index (χ0) is 12.7. The molecule has 0 amide bonds. The maximum absolute atomic E-state index is 10.5. The highest BCUT2D eigenvalue weighted by Crippen LogP contribution is 2.12. The molecule has 0 fully saturated rings. The molecule has 0 bridgehead atoms. The van der Waals surface area contributed by atoms with Crippen LogP contribution < -0.4 is 4.90 Å². The van der Waals surface area contributed by atoms with Crippen molar-refractivity contribution in [1.29, 1.82) is 0 Å².